The number of benzene rings is 1. The van der Waals surface area contributed by atoms with Crippen LogP contribution in [0, 0.1) is 0 Å². The van der Waals surface area contributed by atoms with E-state index < -0.39 is 42.4 Å². The molecular weight excluding hydrogens is 344 g/mol. The fourth-order valence-electron chi connectivity index (χ4n) is 2.06. The molecule has 9 nitrogen and oxygen atoms in total. The van der Waals surface area contributed by atoms with Crippen LogP contribution >= 0.6 is 0 Å². The van der Waals surface area contributed by atoms with Gasteiger partial charge in [-0.15, -0.1) is 0 Å². The lowest BCUT2D eigenvalue weighted by Gasteiger charge is -2.21. The lowest BCUT2D eigenvalue weighted by molar-refractivity contribution is -0.146. The first kappa shape index (κ1) is 21.1. The zero-order valence-electron chi connectivity index (χ0n) is 14.6. The SMILES string of the molecule is COC(=O)CC[C@H](NC(=O)c1ccccc1)C(=O)N[C@H](CO)C(=O)OC. The molecule has 1 aromatic rings. The number of ether oxygens (including phenoxy) is 2. The molecule has 142 valence electrons. The van der Waals surface area contributed by atoms with Crippen LogP contribution in [0.2, 0.25) is 0 Å². The van der Waals surface area contributed by atoms with Crippen molar-refractivity contribution >= 4 is 23.8 Å². The molecule has 3 N–H and O–H groups in total. The number of aliphatic hydroxyl groups excluding tert-OH is 1. The number of carbonyl (C=O) groups is 4. The number of amides is 2. The van der Waals surface area contributed by atoms with Crippen molar-refractivity contribution in [2.45, 2.75) is 24.9 Å². The maximum atomic E-state index is 12.4. The van der Waals surface area contributed by atoms with E-state index in [-0.39, 0.29) is 12.8 Å². The normalized spacial score (nSPS) is 12.4. The van der Waals surface area contributed by atoms with E-state index in [1.807, 2.05) is 0 Å². The molecule has 26 heavy (non-hydrogen) atoms. The van der Waals surface area contributed by atoms with Crippen molar-refractivity contribution in [2.75, 3.05) is 20.8 Å². The van der Waals surface area contributed by atoms with E-state index in [1.165, 1.54) is 7.11 Å². The predicted octanol–water partition coefficient (Wildman–Crippen LogP) is -0.612. The summed E-state index contributed by atoms with van der Waals surface area (Å²) in [5, 5.41) is 14.0. The van der Waals surface area contributed by atoms with Crippen molar-refractivity contribution in [1.29, 1.82) is 0 Å². The Morgan fingerprint density at radius 3 is 2.19 bits per heavy atom. The predicted molar refractivity (Wildman–Crippen MR) is 90.0 cm³/mol. The van der Waals surface area contributed by atoms with Crippen molar-refractivity contribution in [3.05, 3.63) is 35.9 Å². The Bertz CT molecular complexity index is 633. The average Bonchev–Trinajstić information content (AvgIpc) is 2.68. The lowest BCUT2D eigenvalue weighted by Crippen LogP contribution is -2.53. The summed E-state index contributed by atoms with van der Waals surface area (Å²) in [6.07, 6.45) is -0.165. The number of aliphatic hydroxyl groups is 1. The van der Waals surface area contributed by atoms with Crippen molar-refractivity contribution in [1.82, 2.24) is 10.6 Å². The number of hydrogen-bond acceptors (Lipinski definition) is 7. The quantitative estimate of drug-likeness (QED) is 0.497. The third-order valence-corrected chi connectivity index (χ3v) is 3.51. The highest BCUT2D eigenvalue weighted by Gasteiger charge is 2.27. The van der Waals surface area contributed by atoms with Gasteiger partial charge in [-0.25, -0.2) is 4.79 Å². The molecule has 2 amide bonds. The minimum absolute atomic E-state index is 0.0452. The number of hydrogen-bond donors (Lipinski definition) is 3. The second-order valence-electron chi connectivity index (χ2n) is 5.27. The van der Waals surface area contributed by atoms with Crippen molar-refractivity contribution in [2.24, 2.45) is 0 Å². The third-order valence-electron chi connectivity index (χ3n) is 3.51. The molecule has 2 atom stereocenters. The molecule has 0 saturated carbocycles. The van der Waals surface area contributed by atoms with E-state index in [1.54, 1.807) is 30.3 Å². The molecule has 0 aromatic heterocycles. The Morgan fingerprint density at radius 2 is 1.65 bits per heavy atom. The first-order valence-corrected chi connectivity index (χ1v) is 7.84. The number of rotatable bonds is 9. The first-order valence-electron chi connectivity index (χ1n) is 7.84. The van der Waals surface area contributed by atoms with Gasteiger partial charge in [0.25, 0.3) is 5.91 Å². The molecule has 0 fully saturated rings. The standard InChI is InChI=1S/C17H22N2O7/c1-25-14(21)9-8-12(16(23)19-13(10-20)17(24)26-2)18-15(22)11-6-4-3-5-7-11/h3-7,12-13,20H,8-10H2,1-2H3,(H,18,22)(H,19,23)/t12-,13+/m0/s1. The summed E-state index contributed by atoms with van der Waals surface area (Å²) in [6.45, 7) is -0.672. The number of methoxy groups -OCH3 is 2. The van der Waals surface area contributed by atoms with E-state index in [0.29, 0.717) is 5.56 Å². The highest BCUT2D eigenvalue weighted by Crippen LogP contribution is 2.04. The van der Waals surface area contributed by atoms with Crippen molar-refractivity contribution < 1.29 is 33.8 Å². The Balaban J connectivity index is 2.85. The Kier molecular flexibility index (Phi) is 8.79. The number of nitrogens with one attached hydrogen (secondary N) is 2. The summed E-state index contributed by atoms with van der Waals surface area (Å²) in [7, 11) is 2.32. The van der Waals surface area contributed by atoms with Crippen molar-refractivity contribution in [3.8, 4) is 0 Å². The van der Waals surface area contributed by atoms with Gasteiger partial charge in [0.05, 0.1) is 20.8 Å². The summed E-state index contributed by atoms with van der Waals surface area (Å²) >= 11 is 0. The molecule has 0 radical (unpaired) electrons. The van der Waals surface area contributed by atoms with Crippen LogP contribution in [0.5, 0.6) is 0 Å². The van der Waals surface area contributed by atoms with Crippen LogP contribution in [-0.2, 0) is 23.9 Å². The van der Waals surface area contributed by atoms with Crippen molar-refractivity contribution in [3.63, 3.8) is 0 Å². The van der Waals surface area contributed by atoms with E-state index >= 15 is 0 Å². The fourth-order valence-corrected chi connectivity index (χ4v) is 2.06. The topological polar surface area (TPSA) is 131 Å². The Hall–Kier alpha value is -2.94. The van der Waals surface area contributed by atoms with Gasteiger partial charge < -0.3 is 25.2 Å². The molecule has 0 aliphatic carbocycles. The Labute approximate surface area is 150 Å². The number of esters is 2. The monoisotopic (exact) mass is 366 g/mol. The second kappa shape index (κ2) is 10.8. The molecule has 0 saturated heterocycles. The van der Waals surface area contributed by atoms with E-state index in [0.717, 1.165) is 7.11 Å². The molecule has 0 heterocycles. The molecule has 9 heteroatoms. The molecule has 1 rings (SSSR count). The summed E-state index contributed by atoms with van der Waals surface area (Å²) < 4.78 is 9.01. The minimum Gasteiger partial charge on any atom is -0.469 e. The van der Waals surface area contributed by atoms with Crippen LogP contribution < -0.4 is 10.6 Å². The zero-order chi connectivity index (χ0) is 19.5. The van der Waals surface area contributed by atoms with Gasteiger partial charge in [-0.2, -0.15) is 0 Å². The third kappa shape index (κ3) is 6.52. The lowest BCUT2D eigenvalue weighted by atomic mass is 10.1. The fraction of sp³-hybridized carbons (Fsp3) is 0.412. The first-order chi connectivity index (χ1) is 12.4. The number of carbonyl (C=O) groups excluding carboxylic acids is 4. The highest BCUT2D eigenvalue weighted by molar-refractivity contribution is 5.98. The van der Waals surface area contributed by atoms with Gasteiger partial charge in [0.1, 0.15) is 6.04 Å². The van der Waals surface area contributed by atoms with Gasteiger partial charge in [0.15, 0.2) is 6.04 Å². The van der Waals surface area contributed by atoms with Gasteiger partial charge in [0, 0.05) is 12.0 Å². The minimum atomic E-state index is -1.28. The van der Waals surface area contributed by atoms with Gasteiger partial charge in [-0.1, -0.05) is 18.2 Å². The molecular formula is C17H22N2O7. The van der Waals surface area contributed by atoms with E-state index in [2.05, 4.69) is 20.1 Å². The molecule has 0 aliphatic rings. The van der Waals surface area contributed by atoms with Gasteiger partial charge in [-0.3, -0.25) is 14.4 Å². The molecule has 0 unspecified atom stereocenters. The molecule has 0 spiro atoms. The van der Waals surface area contributed by atoms with Gasteiger partial charge in [-0.05, 0) is 18.6 Å². The molecule has 0 aliphatic heterocycles. The molecule has 1 aromatic carbocycles. The largest absolute Gasteiger partial charge is 0.469 e. The summed E-state index contributed by atoms with van der Waals surface area (Å²) in [4.78, 5) is 47.5. The molecule has 0 bridgehead atoms. The van der Waals surface area contributed by atoms with Gasteiger partial charge >= 0.3 is 11.9 Å². The highest BCUT2D eigenvalue weighted by atomic mass is 16.5. The maximum absolute atomic E-state index is 12.4. The van der Waals surface area contributed by atoms with Crippen LogP contribution in [0.25, 0.3) is 0 Å². The summed E-state index contributed by atoms with van der Waals surface area (Å²) in [5.41, 5.74) is 0.329. The summed E-state index contributed by atoms with van der Waals surface area (Å²) in [6, 6.07) is 5.81. The van der Waals surface area contributed by atoms with Gasteiger partial charge in [0.2, 0.25) is 5.91 Å². The van der Waals surface area contributed by atoms with Crippen LogP contribution in [0.1, 0.15) is 23.2 Å². The van der Waals surface area contributed by atoms with E-state index in [9.17, 15) is 24.3 Å². The Morgan fingerprint density at radius 1 is 1.00 bits per heavy atom. The van der Waals surface area contributed by atoms with Crippen LogP contribution in [0.4, 0.5) is 0 Å². The van der Waals surface area contributed by atoms with E-state index in [4.69, 9.17) is 0 Å². The van der Waals surface area contributed by atoms with Crippen LogP contribution in [0.3, 0.4) is 0 Å². The van der Waals surface area contributed by atoms with Crippen LogP contribution in [0.15, 0.2) is 30.3 Å². The second-order valence-corrected chi connectivity index (χ2v) is 5.27. The zero-order valence-corrected chi connectivity index (χ0v) is 14.6. The maximum Gasteiger partial charge on any atom is 0.330 e. The van der Waals surface area contributed by atoms with Crippen LogP contribution in [-0.4, -0.2) is 61.8 Å². The smallest absolute Gasteiger partial charge is 0.330 e. The average molecular weight is 366 g/mol. The summed E-state index contributed by atoms with van der Waals surface area (Å²) in [5.74, 6) is -2.64.